The number of rotatable bonds is 3. The predicted octanol–water partition coefficient (Wildman–Crippen LogP) is 0.307. The van der Waals surface area contributed by atoms with E-state index in [0.29, 0.717) is 6.54 Å². The molecule has 1 heterocycles. The van der Waals surface area contributed by atoms with E-state index in [2.05, 4.69) is 21.0 Å². The van der Waals surface area contributed by atoms with Gasteiger partial charge < -0.3 is 10.2 Å². The van der Waals surface area contributed by atoms with E-state index in [0.717, 1.165) is 10.2 Å². The predicted molar refractivity (Wildman–Crippen MR) is 47.8 cm³/mol. The first kappa shape index (κ1) is 9.70. The van der Waals surface area contributed by atoms with E-state index in [1.165, 1.54) is 0 Å². The monoisotopic (exact) mass is 234 g/mol. The number of aryl methyl sites for hydroxylation is 1. The molecule has 68 valence electrons. The topological polar surface area (TPSA) is 58.3 Å². The molecule has 0 aliphatic heterocycles. The molecule has 0 saturated heterocycles. The second-order valence-electron chi connectivity index (χ2n) is 2.62. The van der Waals surface area contributed by atoms with E-state index in [4.69, 9.17) is 10.2 Å². The number of aromatic nitrogens is 2. The third kappa shape index (κ3) is 2.30. The summed E-state index contributed by atoms with van der Waals surface area (Å²) in [6.45, 7) is 1.95. The summed E-state index contributed by atoms with van der Waals surface area (Å²) in [6.07, 6.45) is 1.03. The van der Waals surface area contributed by atoms with Gasteiger partial charge in [-0.25, -0.2) is 0 Å². The van der Waals surface area contributed by atoms with Gasteiger partial charge in [-0.3, -0.25) is 4.68 Å². The number of aliphatic hydroxyl groups excluding tert-OH is 2. The van der Waals surface area contributed by atoms with Crippen LogP contribution >= 0.6 is 15.9 Å². The van der Waals surface area contributed by atoms with Gasteiger partial charge in [-0.2, -0.15) is 5.10 Å². The average Bonchev–Trinajstić information content (AvgIpc) is 2.31. The molecule has 0 saturated carbocycles. The molecule has 0 aromatic carbocycles. The van der Waals surface area contributed by atoms with Crippen LogP contribution in [0.3, 0.4) is 0 Å². The summed E-state index contributed by atoms with van der Waals surface area (Å²) < 4.78 is 2.51. The Hall–Kier alpha value is -0.390. The molecular formula is C7H11BrN2O2. The Labute approximate surface area is 79.0 Å². The molecular weight excluding hydrogens is 224 g/mol. The molecule has 2 N–H and O–H groups in total. The van der Waals surface area contributed by atoms with Crippen molar-refractivity contribution in [1.82, 2.24) is 9.78 Å². The van der Waals surface area contributed by atoms with Gasteiger partial charge in [0.1, 0.15) is 0 Å². The highest BCUT2D eigenvalue weighted by Gasteiger charge is 2.06. The lowest BCUT2D eigenvalue weighted by molar-refractivity contribution is 0.0782. The lowest BCUT2D eigenvalue weighted by Gasteiger charge is -2.05. The number of hydrogen-bond donors (Lipinski definition) is 2. The van der Waals surface area contributed by atoms with E-state index in [1.807, 2.05) is 6.92 Å². The smallest absolute Gasteiger partial charge is 0.0966 e. The van der Waals surface area contributed by atoms with E-state index in [1.54, 1.807) is 10.9 Å². The standard InChI is InChI=1S/C7H11BrN2O2/c1-5-7(8)3-10(9-5)2-6(12)4-11/h3,6,11-12H,2,4H2,1H3. The van der Waals surface area contributed by atoms with Gasteiger partial charge in [0.15, 0.2) is 0 Å². The molecule has 0 bridgehead atoms. The zero-order valence-electron chi connectivity index (χ0n) is 6.74. The van der Waals surface area contributed by atoms with Gasteiger partial charge in [0.2, 0.25) is 0 Å². The summed E-state index contributed by atoms with van der Waals surface area (Å²) >= 11 is 3.30. The molecule has 0 aliphatic rings. The van der Waals surface area contributed by atoms with Crippen molar-refractivity contribution < 1.29 is 10.2 Å². The van der Waals surface area contributed by atoms with Crippen molar-refractivity contribution in [3.8, 4) is 0 Å². The van der Waals surface area contributed by atoms with Crippen LogP contribution in [-0.4, -0.2) is 32.7 Å². The van der Waals surface area contributed by atoms with Crippen LogP contribution < -0.4 is 0 Å². The molecule has 0 fully saturated rings. The van der Waals surface area contributed by atoms with Crippen LogP contribution in [0, 0.1) is 6.92 Å². The Kier molecular flexibility index (Phi) is 3.25. The average molecular weight is 235 g/mol. The fourth-order valence-electron chi connectivity index (χ4n) is 0.861. The van der Waals surface area contributed by atoms with Gasteiger partial charge in [0, 0.05) is 6.20 Å². The molecule has 1 aromatic heterocycles. The maximum Gasteiger partial charge on any atom is 0.0966 e. The quantitative estimate of drug-likeness (QED) is 0.792. The highest BCUT2D eigenvalue weighted by molar-refractivity contribution is 9.10. The summed E-state index contributed by atoms with van der Waals surface area (Å²) in [5, 5.41) is 21.8. The van der Waals surface area contributed by atoms with Crippen molar-refractivity contribution in [3.05, 3.63) is 16.4 Å². The minimum Gasteiger partial charge on any atom is -0.394 e. The Morgan fingerprint density at radius 2 is 2.42 bits per heavy atom. The maximum absolute atomic E-state index is 9.09. The van der Waals surface area contributed by atoms with Gasteiger partial charge in [0.25, 0.3) is 0 Å². The van der Waals surface area contributed by atoms with Crippen molar-refractivity contribution in [2.24, 2.45) is 0 Å². The first-order chi connectivity index (χ1) is 5.63. The Bertz CT molecular complexity index is 242. The minimum absolute atomic E-state index is 0.240. The Balaban J connectivity index is 2.64. The molecule has 0 radical (unpaired) electrons. The van der Waals surface area contributed by atoms with E-state index in [-0.39, 0.29) is 6.61 Å². The highest BCUT2D eigenvalue weighted by Crippen LogP contribution is 2.13. The van der Waals surface area contributed by atoms with Gasteiger partial charge in [-0.05, 0) is 22.9 Å². The van der Waals surface area contributed by atoms with Gasteiger partial charge in [0.05, 0.1) is 29.4 Å². The van der Waals surface area contributed by atoms with Crippen LogP contribution in [0.15, 0.2) is 10.7 Å². The highest BCUT2D eigenvalue weighted by atomic mass is 79.9. The first-order valence-electron chi connectivity index (χ1n) is 3.62. The molecule has 5 heteroatoms. The third-order valence-electron chi connectivity index (χ3n) is 1.50. The minimum atomic E-state index is -0.740. The molecule has 0 amide bonds. The molecule has 1 aromatic rings. The van der Waals surface area contributed by atoms with Crippen molar-refractivity contribution in [2.75, 3.05) is 6.61 Å². The van der Waals surface area contributed by atoms with E-state index in [9.17, 15) is 0 Å². The van der Waals surface area contributed by atoms with Crippen LogP contribution in [0.2, 0.25) is 0 Å². The molecule has 1 rings (SSSR count). The SMILES string of the molecule is Cc1nn(CC(O)CO)cc1Br. The van der Waals surface area contributed by atoms with Crippen molar-refractivity contribution in [3.63, 3.8) is 0 Å². The van der Waals surface area contributed by atoms with E-state index >= 15 is 0 Å². The van der Waals surface area contributed by atoms with Crippen LogP contribution in [0.25, 0.3) is 0 Å². The zero-order valence-corrected chi connectivity index (χ0v) is 8.32. The van der Waals surface area contributed by atoms with Crippen molar-refractivity contribution in [2.45, 2.75) is 19.6 Å². The number of aliphatic hydroxyl groups is 2. The summed E-state index contributed by atoms with van der Waals surface area (Å²) in [5.74, 6) is 0. The zero-order chi connectivity index (χ0) is 9.14. The van der Waals surface area contributed by atoms with Crippen LogP contribution in [-0.2, 0) is 6.54 Å². The second kappa shape index (κ2) is 4.02. The first-order valence-corrected chi connectivity index (χ1v) is 4.41. The van der Waals surface area contributed by atoms with Gasteiger partial charge in [-0.1, -0.05) is 0 Å². The summed E-state index contributed by atoms with van der Waals surface area (Å²) in [6, 6.07) is 0. The fourth-order valence-corrected chi connectivity index (χ4v) is 1.18. The number of hydrogen-bond acceptors (Lipinski definition) is 3. The normalized spacial score (nSPS) is 13.3. The fraction of sp³-hybridized carbons (Fsp3) is 0.571. The van der Waals surface area contributed by atoms with Gasteiger partial charge in [-0.15, -0.1) is 0 Å². The van der Waals surface area contributed by atoms with Crippen molar-refractivity contribution >= 4 is 15.9 Å². The second-order valence-corrected chi connectivity index (χ2v) is 3.48. The van der Waals surface area contributed by atoms with Gasteiger partial charge >= 0.3 is 0 Å². The maximum atomic E-state index is 9.09. The van der Waals surface area contributed by atoms with E-state index < -0.39 is 6.10 Å². The molecule has 0 spiro atoms. The number of halogens is 1. The summed E-state index contributed by atoms with van der Waals surface area (Å²) in [5.41, 5.74) is 0.875. The van der Waals surface area contributed by atoms with Crippen molar-refractivity contribution in [1.29, 1.82) is 0 Å². The van der Waals surface area contributed by atoms with Crippen LogP contribution in [0.5, 0.6) is 0 Å². The third-order valence-corrected chi connectivity index (χ3v) is 2.27. The summed E-state index contributed by atoms with van der Waals surface area (Å²) in [4.78, 5) is 0. The van der Waals surface area contributed by atoms with Crippen LogP contribution in [0.1, 0.15) is 5.69 Å². The molecule has 4 nitrogen and oxygen atoms in total. The lowest BCUT2D eigenvalue weighted by atomic mass is 10.4. The molecule has 12 heavy (non-hydrogen) atoms. The Morgan fingerprint density at radius 3 is 2.83 bits per heavy atom. The molecule has 1 atom stereocenters. The molecule has 0 aliphatic carbocycles. The molecule has 1 unspecified atom stereocenters. The summed E-state index contributed by atoms with van der Waals surface area (Å²) in [7, 11) is 0. The van der Waals surface area contributed by atoms with Crippen LogP contribution in [0.4, 0.5) is 0 Å². The number of nitrogens with zero attached hydrogens (tertiary/aromatic N) is 2. The largest absolute Gasteiger partial charge is 0.394 e. The Morgan fingerprint density at radius 1 is 1.75 bits per heavy atom. The lowest BCUT2D eigenvalue weighted by Crippen LogP contribution is -2.20.